The van der Waals surface area contributed by atoms with Gasteiger partial charge in [0.1, 0.15) is 12.6 Å². The minimum absolute atomic E-state index is 0.0774. The van der Waals surface area contributed by atoms with Gasteiger partial charge in [0.25, 0.3) is 0 Å². The molecule has 0 bridgehead atoms. The molecule has 0 aliphatic heterocycles. The van der Waals surface area contributed by atoms with Crippen LogP contribution in [0.25, 0.3) is 11.1 Å². The van der Waals surface area contributed by atoms with E-state index in [9.17, 15) is 19.5 Å². The highest BCUT2D eigenvalue weighted by Gasteiger charge is 2.31. The molecule has 0 heterocycles. The summed E-state index contributed by atoms with van der Waals surface area (Å²) < 4.78 is 10.7. The van der Waals surface area contributed by atoms with Crippen LogP contribution in [0.2, 0.25) is 0 Å². The van der Waals surface area contributed by atoms with Crippen LogP contribution in [0, 0.1) is 0 Å². The second-order valence-corrected chi connectivity index (χ2v) is 7.58. The summed E-state index contributed by atoms with van der Waals surface area (Å²) in [7, 11) is 1.54. The molecule has 1 aliphatic carbocycles. The number of alkyl carbamates (subject to hydrolysis) is 1. The Hall–Kier alpha value is -3.39. The first-order valence-corrected chi connectivity index (χ1v) is 10.6. The van der Waals surface area contributed by atoms with Gasteiger partial charge in [-0.1, -0.05) is 48.5 Å². The largest absolute Gasteiger partial charge is 0.481 e. The Morgan fingerprint density at radius 1 is 1.06 bits per heavy atom. The van der Waals surface area contributed by atoms with Crippen LogP contribution in [0.3, 0.4) is 0 Å². The van der Waals surface area contributed by atoms with E-state index in [2.05, 4.69) is 5.32 Å². The van der Waals surface area contributed by atoms with Crippen molar-refractivity contribution in [3.05, 3.63) is 59.7 Å². The van der Waals surface area contributed by atoms with Crippen molar-refractivity contribution in [2.45, 2.75) is 25.3 Å². The normalized spacial score (nSPS) is 13.1. The van der Waals surface area contributed by atoms with Crippen molar-refractivity contribution in [1.82, 2.24) is 10.2 Å². The summed E-state index contributed by atoms with van der Waals surface area (Å²) in [5, 5.41) is 11.6. The number of rotatable bonds is 10. The number of nitrogens with one attached hydrogen (secondary N) is 1. The molecule has 1 unspecified atom stereocenters. The number of carbonyl (C=O) groups is 3. The van der Waals surface area contributed by atoms with Crippen LogP contribution >= 0.6 is 0 Å². The number of aliphatic carboxylic acids is 1. The fourth-order valence-corrected chi connectivity index (χ4v) is 3.88. The maximum Gasteiger partial charge on any atom is 0.407 e. The third-order valence-corrected chi connectivity index (χ3v) is 5.46. The lowest BCUT2D eigenvalue weighted by molar-refractivity contribution is -0.142. The highest BCUT2D eigenvalue weighted by molar-refractivity contribution is 5.89. The van der Waals surface area contributed by atoms with Gasteiger partial charge in [0.2, 0.25) is 5.91 Å². The van der Waals surface area contributed by atoms with Crippen LogP contribution in [-0.2, 0) is 19.1 Å². The summed E-state index contributed by atoms with van der Waals surface area (Å²) in [6.45, 7) is 3.04. The van der Waals surface area contributed by atoms with Gasteiger partial charge in [-0.2, -0.15) is 0 Å². The highest BCUT2D eigenvalue weighted by Crippen LogP contribution is 2.44. The molecule has 1 atom stereocenters. The van der Waals surface area contributed by atoms with E-state index in [0.29, 0.717) is 13.2 Å². The van der Waals surface area contributed by atoms with Crippen molar-refractivity contribution in [3.8, 4) is 11.1 Å². The second kappa shape index (κ2) is 10.8. The first-order chi connectivity index (χ1) is 15.4. The fraction of sp³-hybridized carbons (Fsp3) is 0.375. The number of benzene rings is 2. The number of carbonyl (C=O) groups excluding carboxylic acids is 2. The van der Waals surface area contributed by atoms with Gasteiger partial charge in [-0.05, 0) is 29.2 Å². The molecule has 32 heavy (non-hydrogen) atoms. The average molecular weight is 440 g/mol. The number of fused-ring (bicyclic) bond motifs is 3. The van der Waals surface area contributed by atoms with Crippen molar-refractivity contribution in [3.63, 3.8) is 0 Å². The lowest BCUT2D eigenvalue weighted by Crippen LogP contribution is -2.49. The molecule has 170 valence electrons. The zero-order valence-corrected chi connectivity index (χ0v) is 18.2. The Bertz CT molecular complexity index is 931. The molecule has 3 rings (SSSR count). The van der Waals surface area contributed by atoms with Gasteiger partial charge in [0, 0.05) is 26.1 Å². The monoisotopic (exact) mass is 440 g/mol. The van der Waals surface area contributed by atoms with E-state index in [0.717, 1.165) is 22.3 Å². The van der Waals surface area contributed by atoms with Gasteiger partial charge >= 0.3 is 12.1 Å². The predicted molar refractivity (Wildman–Crippen MR) is 118 cm³/mol. The highest BCUT2D eigenvalue weighted by atomic mass is 16.5. The molecular formula is C24H28N2O6. The lowest BCUT2D eigenvalue weighted by Gasteiger charge is -2.24. The smallest absolute Gasteiger partial charge is 0.407 e. The third-order valence-electron chi connectivity index (χ3n) is 5.46. The van der Waals surface area contributed by atoms with E-state index < -0.39 is 30.4 Å². The number of hydrogen-bond donors (Lipinski definition) is 2. The van der Waals surface area contributed by atoms with E-state index in [1.54, 1.807) is 0 Å². The standard InChI is InChI=1S/C24H28N2O6/c1-3-31-13-12-26(2)23(29)21(14-22(27)28)25-24(30)32-15-20-18-10-6-4-8-16(18)17-9-5-7-11-19(17)20/h4-11,20-21H,3,12-15H2,1-2H3,(H,25,30)(H,27,28). The van der Waals surface area contributed by atoms with Gasteiger partial charge < -0.3 is 24.8 Å². The molecule has 2 aromatic rings. The van der Waals surface area contributed by atoms with Gasteiger partial charge in [0.05, 0.1) is 13.0 Å². The maximum absolute atomic E-state index is 12.6. The molecule has 2 aromatic carbocycles. The van der Waals surface area contributed by atoms with E-state index in [4.69, 9.17) is 9.47 Å². The number of ether oxygens (including phenoxy) is 2. The maximum atomic E-state index is 12.6. The molecule has 0 aromatic heterocycles. The quantitative estimate of drug-likeness (QED) is 0.551. The molecule has 0 saturated carbocycles. The summed E-state index contributed by atoms with van der Waals surface area (Å²) in [4.78, 5) is 37.7. The molecule has 8 nitrogen and oxygen atoms in total. The molecule has 1 aliphatic rings. The lowest BCUT2D eigenvalue weighted by atomic mass is 9.98. The molecule has 0 radical (unpaired) electrons. The Morgan fingerprint density at radius 3 is 2.22 bits per heavy atom. The minimum Gasteiger partial charge on any atom is -0.481 e. The molecule has 2 amide bonds. The molecule has 0 spiro atoms. The van der Waals surface area contributed by atoms with E-state index in [-0.39, 0.29) is 19.1 Å². The second-order valence-electron chi connectivity index (χ2n) is 7.58. The van der Waals surface area contributed by atoms with Crippen LogP contribution in [0.5, 0.6) is 0 Å². The minimum atomic E-state index is -1.23. The predicted octanol–water partition coefficient (Wildman–Crippen LogP) is 2.86. The summed E-state index contributed by atoms with van der Waals surface area (Å²) >= 11 is 0. The van der Waals surface area contributed by atoms with Crippen molar-refractivity contribution < 1.29 is 29.0 Å². The van der Waals surface area contributed by atoms with Crippen molar-refractivity contribution in [2.75, 3.05) is 33.4 Å². The average Bonchev–Trinajstić information content (AvgIpc) is 3.10. The summed E-state index contributed by atoms with van der Waals surface area (Å²) in [6.07, 6.45) is -1.37. The molecule has 0 fully saturated rings. The Balaban J connectivity index is 1.64. The summed E-state index contributed by atoms with van der Waals surface area (Å²) in [5.74, 6) is -1.84. The Morgan fingerprint density at radius 2 is 1.66 bits per heavy atom. The summed E-state index contributed by atoms with van der Waals surface area (Å²) in [5.41, 5.74) is 4.34. The topological polar surface area (TPSA) is 105 Å². The van der Waals surface area contributed by atoms with Gasteiger partial charge in [-0.15, -0.1) is 0 Å². The molecule has 0 saturated heterocycles. The zero-order valence-electron chi connectivity index (χ0n) is 18.2. The van der Waals surface area contributed by atoms with Crippen LogP contribution < -0.4 is 5.32 Å². The van der Waals surface area contributed by atoms with Gasteiger partial charge in [0.15, 0.2) is 0 Å². The first kappa shape index (κ1) is 23.3. The van der Waals surface area contributed by atoms with E-state index in [1.165, 1.54) is 11.9 Å². The van der Waals surface area contributed by atoms with Gasteiger partial charge in [-0.3, -0.25) is 9.59 Å². The van der Waals surface area contributed by atoms with Crippen molar-refractivity contribution in [2.24, 2.45) is 0 Å². The third kappa shape index (κ3) is 5.45. The van der Waals surface area contributed by atoms with Crippen molar-refractivity contribution in [1.29, 1.82) is 0 Å². The van der Waals surface area contributed by atoms with Gasteiger partial charge in [-0.25, -0.2) is 4.79 Å². The molecule has 2 N–H and O–H groups in total. The van der Waals surface area contributed by atoms with E-state index >= 15 is 0 Å². The first-order valence-electron chi connectivity index (χ1n) is 10.6. The van der Waals surface area contributed by atoms with Crippen LogP contribution in [0.15, 0.2) is 48.5 Å². The molecular weight excluding hydrogens is 412 g/mol. The number of carboxylic acids is 1. The number of nitrogens with zero attached hydrogens (tertiary/aromatic N) is 1. The van der Waals surface area contributed by atoms with Crippen molar-refractivity contribution >= 4 is 18.0 Å². The summed E-state index contributed by atoms with van der Waals surface area (Å²) in [6, 6.07) is 14.7. The number of hydrogen-bond acceptors (Lipinski definition) is 5. The molecule has 8 heteroatoms. The van der Waals surface area contributed by atoms with Crippen LogP contribution in [0.1, 0.15) is 30.4 Å². The van der Waals surface area contributed by atoms with Crippen LogP contribution in [0.4, 0.5) is 4.79 Å². The Labute approximate surface area is 187 Å². The Kier molecular flexibility index (Phi) is 7.83. The fourth-order valence-electron chi connectivity index (χ4n) is 3.88. The SMILES string of the molecule is CCOCCN(C)C(=O)C(CC(=O)O)NC(=O)OCC1c2ccccc2-c2ccccc21. The number of carboxylic acid groups (broad SMARTS) is 1. The van der Waals surface area contributed by atoms with E-state index in [1.807, 2.05) is 55.5 Å². The number of likely N-dealkylation sites (N-methyl/N-ethyl adjacent to an activating group) is 1. The number of amides is 2. The van der Waals surface area contributed by atoms with Crippen LogP contribution in [-0.4, -0.2) is 67.4 Å². The zero-order chi connectivity index (χ0) is 23.1.